The second-order valence-electron chi connectivity index (χ2n) is 14.4. The Bertz CT molecular complexity index is 2430. The quantitative estimate of drug-likeness (QED) is 0.120. The maximum absolute atomic E-state index is 14.2. The van der Waals surface area contributed by atoms with E-state index in [-0.39, 0.29) is 29.3 Å². The normalized spacial score (nSPS) is 13.8. The van der Waals surface area contributed by atoms with E-state index < -0.39 is 36.4 Å². The zero-order valence-electron chi connectivity index (χ0n) is 32.5. The van der Waals surface area contributed by atoms with Gasteiger partial charge in [0.25, 0.3) is 17.7 Å². The van der Waals surface area contributed by atoms with Gasteiger partial charge in [-0.2, -0.15) is 0 Å². The minimum atomic E-state index is -2.74. The third-order valence-corrected chi connectivity index (χ3v) is 10.6. The number of aromatic nitrogens is 1. The van der Waals surface area contributed by atoms with Crippen molar-refractivity contribution in [1.29, 1.82) is 0 Å². The fourth-order valence-corrected chi connectivity index (χ4v) is 7.34. The number of nitrogens with one attached hydrogen (secondary N) is 1. The SMILES string of the molecule is CN1CCN(C(=O)c2ccc3n2Cc2ccccc2N(C(=O)c2ccc(NC(=O)c4ccccc4-c4ccccc4)cc2Cl)C3)CC1.O=C(O)CC(O)(CC(=O)O)C(=O)O. The first-order valence-electron chi connectivity index (χ1n) is 18.9. The molecule has 2 aliphatic rings. The first-order valence-corrected chi connectivity index (χ1v) is 19.2. The molecule has 1 fully saturated rings. The Kier molecular flexibility index (Phi) is 13.1. The number of benzene rings is 4. The van der Waals surface area contributed by atoms with Crippen LogP contribution in [0.15, 0.2) is 109 Å². The number of carboxylic acids is 3. The van der Waals surface area contributed by atoms with Gasteiger partial charge in [-0.1, -0.05) is 78.3 Å². The topological polar surface area (TPSA) is 210 Å². The Morgan fingerprint density at radius 1 is 0.700 bits per heavy atom. The number of amides is 3. The Labute approximate surface area is 349 Å². The number of hydrogen-bond acceptors (Lipinski definition) is 8. The zero-order valence-corrected chi connectivity index (χ0v) is 33.2. The summed E-state index contributed by atoms with van der Waals surface area (Å²) in [4.78, 5) is 77.5. The molecule has 60 heavy (non-hydrogen) atoms. The smallest absolute Gasteiger partial charge is 0.336 e. The molecule has 0 spiro atoms. The molecule has 0 saturated carbocycles. The van der Waals surface area contributed by atoms with Crippen LogP contribution in [0.5, 0.6) is 0 Å². The average Bonchev–Trinajstić information content (AvgIpc) is 3.53. The number of likely N-dealkylation sites (N-methyl/N-ethyl adjacent to an activating group) is 1. The van der Waals surface area contributed by atoms with Gasteiger partial charge in [-0.15, -0.1) is 0 Å². The van der Waals surface area contributed by atoms with Crippen molar-refractivity contribution in [2.45, 2.75) is 31.5 Å². The summed E-state index contributed by atoms with van der Waals surface area (Å²) in [5, 5.41) is 37.0. The van der Waals surface area contributed by atoms with Gasteiger partial charge < -0.3 is 45.0 Å². The van der Waals surface area contributed by atoms with Gasteiger partial charge in [-0.05, 0) is 66.2 Å². The molecule has 0 radical (unpaired) electrons. The lowest BCUT2D eigenvalue weighted by Gasteiger charge is -2.32. The van der Waals surface area contributed by atoms with Crippen LogP contribution in [0.1, 0.15) is 55.3 Å². The second-order valence-corrected chi connectivity index (χ2v) is 14.9. The molecule has 0 bridgehead atoms. The summed E-state index contributed by atoms with van der Waals surface area (Å²) in [6, 6.07) is 33.7. The van der Waals surface area contributed by atoms with Gasteiger partial charge in [-0.3, -0.25) is 24.0 Å². The van der Waals surface area contributed by atoms with Crippen LogP contribution in [0.4, 0.5) is 11.4 Å². The largest absolute Gasteiger partial charge is 0.481 e. The molecule has 0 unspecified atom stereocenters. The minimum Gasteiger partial charge on any atom is -0.481 e. The van der Waals surface area contributed by atoms with E-state index in [2.05, 4.69) is 17.3 Å². The highest BCUT2D eigenvalue weighted by Gasteiger charge is 2.41. The first kappa shape index (κ1) is 42.8. The predicted octanol–water partition coefficient (Wildman–Crippen LogP) is 5.41. The van der Waals surface area contributed by atoms with E-state index in [4.69, 9.17) is 32.0 Å². The molecule has 3 amide bonds. The van der Waals surface area contributed by atoms with Crippen LogP contribution in [-0.4, -0.2) is 109 Å². The van der Waals surface area contributed by atoms with E-state index in [1.165, 1.54) is 0 Å². The maximum atomic E-state index is 14.2. The van der Waals surface area contributed by atoms with Crippen molar-refractivity contribution in [1.82, 2.24) is 14.4 Å². The van der Waals surface area contributed by atoms with Gasteiger partial charge in [0.2, 0.25) is 0 Å². The lowest BCUT2D eigenvalue weighted by molar-refractivity contribution is -0.170. The third kappa shape index (κ3) is 9.72. The molecule has 3 heterocycles. The molecule has 16 heteroatoms. The molecule has 1 saturated heterocycles. The molecule has 5 aromatic rings. The van der Waals surface area contributed by atoms with Crippen molar-refractivity contribution in [2.75, 3.05) is 43.4 Å². The van der Waals surface area contributed by atoms with E-state index in [1.807, 2.05) is 94.4 Å². The first-order chi connectivity index (χ1) is 28.6. The summed E-state index contributed by atoms with van der Waals surface area (Å²) in [5.41, 5.74) is 3.55. The zero-order chi connectivity index (χ0) is 43.1. The third-order valence-electron chi connectivity index (χ3n) is 10.3. The summed E-state index contributed by atoms with van der Waals surface area (Å²) in [6.45, 7) is 3.80. The number of piperazine rings is 1. The number of hydrogen-bond donors (Lipinski definition) is 5. The van der Waals surface area contributed by atoms with Crippen LogP contribution in [0.25, 0.3) is 11.1 Å². The van der Waals surface area contributed by atoms with Gasteiger partial charge >= 0.3 is 17.9 Å². The number of anilines is 2. The summed E-state index contributed by atoms with van der Waals surface area (Å²) >= 11 is 6.75. The highest BCUT2D eigenvalue weighted by Crippen LogP contribution is 2.33. The highest BCUT2D eigenvalue weighted by molar-refractivity contribution is 6.35. The maximum Gasteiger partial charge on any atom is 0.336 e. The Morgan fingerprint density at radius 3 is 1.98 bits per heavy atom. The molecule has 1 aromatic heterocycles. The van der Waals surface area contributed by atoms with Crippen LogP contribution in [0, 0.1) is 0 Å². The van der Waals surface area contributed by atoms with Crippen molar-refractivity contribution in [3.63, 3.8) is 0 Å². The molecule has 5 N–H and O–H groups in total. The van der Waals surface area contributed by atoms with Crippen LogP contribution >= 0.6 is 11.6 Å². The summed E-state index contributed by atoms with van der Waals surface area (Å²) in [6.07, 6.45) is -2.29. The van der Waals surface area contributed by atoms with E-state index in [9.17, 15) is 28.8 Å². The number of carbonyl (C=O) groups is 6. The van der Waals surface area contributed by atoms with Crippen LogP contribution in [-0.2, 0) is 27.5 Å². The number of carboxylic acid groups (broad SMARTS) is 3. The molecular formula is C44H42ClN5O10. The van der Waals surface area contributed by atoms with Crippen LogP contribution < -0.4 is 10.2 Å². The number of rotatable bonds is 10. The monoisotopic (exact) mass is 835 g/mol. The van der Waals surface area contributed by atoms with E-state index in [0.29, 0.717) is 42.1 Å². The number of fused-ring (bicyclic) bond motifs is 2. The van der Waals surface area contributed by atoms with Crippen molar-refractivity contribution < 1.29 is 49.2 Å². The molecule has 310 valence electrons. The number of para-hydroxylation sites is 1. The van der Waals surface area contributed by atoms with E-state index in [0.717, 1.165) is 41.2 Å². The van der Waals surface area contributed by atoms with Crippen molar-refractivity contribution >= 4 is 58.6 Å². The molecular weight excluding hydrogens is 794 g/mol. The standard InChI is InChI=1S/C38H34ClN5O3.C6H8O7/c1-41-19-21-42(22-20-41)38(47)35-18-16-29-25-44(34-14-8-5-11-27(34)24-43(29)35)37(46)32-17-15-28(23-33(32)39)40-36(45)31-13-7-6-12-30(31)26-9-3-2-4-10-26;7-3(8)1-6(13,5(11)12)2-4(9)10/h2-18,23H,19-22,24-25H2,1H3,(H,40,45);13H,1-2H2,(H,7,8)(H,9,10)(H,11,12). The summed E-state index contributed by atoms with van der Waals surface area (Å²) < 4.78 is 2.03. The van der Waals surface area contributed by atoms with Gasteiger partial charge in [0, 0.05) is 48.8 Å². The van der Waals surface area contributed by atoms with Gasteiger partial charge in [-0.25, -0.2) is 4.79 Å². The van der Waals surface area contributed by atoms with Crippen molar-refractivity contribution in [3.05, 3.63) is 142 Å². The fraction of sp³-hybridized carbons (Fsp3) is 0.227. The van der Waals surface area contributed by atoms with Crippen molar-refractivity contribution in [3.8, 4) is 11.1 Å². The molecule has 2 aliphatic heterocycles. The number of halogens is 1. The number of aliphatic carboxylic acids is 3. The molecule has 7 rings (SSSR count). The lowest BCUT2D eigenvalue weighted by Crippen LogP contribution is -2.47. The average molecular weight is 836 g/mol. The van der Waals surface area contributed by atoms with Gasteiger partial charge in [0.05, 0.1) is 36.5 Å². The van der Waals surface area contributed by atoms with Gasteiger partial charge in [0.15, 0.2) is 5.60 Å². The Hall–Kier alpha value is -6.81. The Morgan fingerprint density at radius 2 is 1.33 bits per heavy atom. The molecule has 15 nitrogen and oxygen atoms in total. The number of carbonyl (C=O) groups excluding carboxylic acids is 3. The predicted molar refractivity (Wildman–Crippen MR) is 222 cm³/mol. The summed E-state index contributed by atoms with van der Waals surface area (Å²) in [5.74, 6) is -5.55. The van der Waals surface area contributed by atoms with Crippen LogP contribution in [0.2, 0.25) is 5.02 Å². The minimum absolute atomic E-state index is 0.00804. The second kappa shape index (κ2) is 18.4. The lowest BCUT2D eigenvalue weighted by atomic mass is 9.96. The fourth-order valence-electron chi connectivity index (χ4n) is 7.07. The van der Waals surface area contributed by atoms with Crippen molar-refractivity contribution in [2.24, 2.45) is 0 Å². The number of nitrogens with zero attached hydrogens (tertiary/aromatic N) is 4. The van der Waals surface area contributed by atoms with Gasteiger partial charge in [0.1, 0.15) is 5.69 Å². The molecule has 0 aliphatic carbocycles. The Balaban J connectivity index is 0.000000402. The van der Waals surface area contributed by atoms with E-state index in [1.54, 1.807) is 29.2 Å². The highest BCUT2D eigenvalue weighted by atomic mass is 35.5. The number of aliphatic hydroxyl groups is 1. The molecule has 4 aromatic carbocycles. The van der Waals surface area contributed by atoms with Crippen LogP contribution in [0.3, 0.4) is 0 Å². The molecule has 0 atom stereocenters. The summed E-state index contributed by atoms with van der Waals surface area (Å²) in [7, 11) is 2.07. The van der Waals surface area contributed by atoms with E-state index >= 15 is 0 Å².